The number of hydrogen-bond donors (Lipinski definition) is 3. The van der Waals surface area contributed by atoms with Crippen LogP contribution in [0.3, 0.4) is 0 Å². The van der Waals surface area contributed by atoms with Crippen LogP contribution in [0.25, 0.3) is 0 Å². The molecule has 0 spiro atoms. The lowest BCUT2D eigenvalue weighted by Gasteiger charge is -2.33. The molecule has 0 aromatic rings. The van der Waals surface area contributed by atoms with Crippen LogP contribution in [0, 0.1) is 0 Å². The van der Waals surface area contributed by atoms with E-state index in [4.69, 9.17) is 10.5 Å². The molecular formula is C12H22N4O3. The minimum absolute atomic E-state index is 0.0800. The van der Waals surface area contributed by atoms with Gasteiger partial charge in [0, 0.05) is 32.8 Å². The van der Waals surface area contributed by atoms with Gasteiger partial charge in [0.15, 0.2) is 0 Å². The molecule has 4 N–H and O–H groups in total. The molecule has 2 aliphatic rings. The summed E-state index contributed by atoms with van der Waals surface area (Å²) in [4.78, 5) is 25.0. The topological polar surface area (TPSA) is 96.7 Å². The van der Waals surface area contributed by atoms with Gasteiger partial charge in [0.05, 0.1) is 12.6 Å². The Balaban J connectivity index is 1.74. The quantitative estimate of drug-likeness (QED) is 0.539. The third-order valence-electron chi connectivity index (χ3n) is 3.58. The maximum absolute atomic E-state index is 11.9. The van der Waals surface area contributed by atoms with Crippen molar-refractivity contribution in [3.8, 4) is 0 Å². The summed E-state index contributed by atoms with van der Waals surface area (Å²) in [6, 6.07) is -0.401. The van der Waals surface area contributed by atoms with Gasteiger partial charge in [-0.3, -0.25) is 14.5 Å². The lowest BCUT2D eigenvalue weighted by molar-refractivity contribution is -0.127. The molecule has 0 aliphatic carbocycles. The van der Waals surface area contributed by atoms with Crippen molar-refractivity contribution in [2.75, 3.05) is 39.3 Å². The van der Waals surface area contributed by atoms with Gasteiger partial charge >= 0.3 is 0 Å². The molecule has 0 aromatic heterocycles. The molecular weight excluding hydrogens is 248 g/mol. The predicted molar refractivity (Wildman–Crippen MR) is 69.4 cm³/mol. The van der Waals surface area contributed by atoms with Gasteiger partial charge in [-0.15, -0.1) is 0 Å². The molecule has 19 heavy (non-hydrogen) atoms. The number of amides is 2. The number of carbonyl (C=O) groups excluding carboxylic acids is 2. The molecule has 2 unspecified atom stereocenters. The fourth-order valence-electron chi connectivity index (χ4n) is 2.49. The standard InChI is InChI=1S/C12H22N4O3/c13-12(18)10-7-14-3-4-16(10)8-11(17)15-6-9-2-1-5-19-9/h9-10,14H,1-8H2,(H2,13,18)(H,15,17). The summed E-state index contributed by atoms with van der Waals surface area (Å²) < 4.78 is 5.44. The highest BCUT2D eigenvalue weighted by Crippen LogP contribution is 2.10. The Kier molecular flexibility index (Phi) is 5.12. The van der Waals surface area contributed by atoms with E-state index < -0.39 is 6.04 Å². The smallest absolute Gasteiger partial charge is 0.236 e. The molecule has 0 aromatic carbocycles. The summed E-state index contributed by atoms with van der Waals surface area (Å²) in [6.07, 6.45) is 2.19. The van der Waals surface area contributed by atoms with Crippen molar-refractivity contribution in [2.45, 2.75) is 25.0 Å². The van der Waals surface area contributed by atoms with Gasteiger partial charge in [0.2, 0.25) is 11.8 Å². The Bertz CT molecular complexity index is 331. The van der Waals surface area contributed by atoms with E-state index in [2.05, 4.69) is 10.6 Å². The summed E-state index contributed by atoms with van der Waals surface area (Å²) in [5.41, 5.74) is 5.33. The van der Waals surface area contributed by atoms with Crippen molar-refractivity contribution in [1.82, 2.24) is 15.5 Å². The maximum atomic E-state index is 11.9. The fourth-order valence-corrected chi connectivity index (χ4v) is 2.49. The lowest BCUT2D eigenvalue weighted by atomic mass is 10.2. The van der Waals surface area contributed by atoms with Crippen LogP contribution in [0.15, 0.2) is 0 Å². The highest BCUT2D eigenvalue weighted by molar-refractivity contribution is 5.82. The van der Waals surface area contributed by atoms with Crippen LogP contribution in [-0.2, 0) is 14.3 Å². The number of rotatable bonds is 5. The molecule has 7 heteroatoms. The molecule has 2 amide bonds. The van der Waals surface area contributed by atoms with E-state index in [1.165, 1.54) is 0 Å². The van der Waals surface area contributed by atoms with Crippen LogP contribution < -0.4 is 16.4 Å². The van der Waals surface area contributed by atoms with Crippen LogP contribution in [0.4, 0.5) is 0 Å². The van der Waals surface area contributed by atoms with E-state index in [0.29, 0.717) is 19.6 Å². The summed E-state index contributed by atoms with van der Waals surface area (Å²) in [6.45, 7) is 3.47. The predicted octanol–water partition coefficient (Wildman–Crippen LogP) is -1.96. The Morgan fingerprint density at radius 2 is 2.32 bits per heavy atom. The molecule has 108 valence electrons. The van der Waals surface area contributed by atoms with Gasteiger partial charge < -0.3 is 21.1 Å². The molecule has 0 saturated carbocycles. The second kappa shape index (κ2) is 6.83. The van der Waals surface area contributed by atoms with E-state index in [-0.39, 0.29) is 24.5 Å². The normalized spacial score (nSPS) is 28.2. The zero-order valence-corrected chi connectivity index (χ0v) is 11.1. The second-order valence-corrected chi connectivity index (χ2v) is 5.03. The maximum Gasteiger partial charge on any atom is 0.236 e. The monoisotopic (exact) mass is 270 g/mol. The Morgan fingerprint density at radius 1 is 1.47 bits per heavy atom. The number of primary amides is 1. The Hall–Kier alpha value is -1.18. The minimum Gasteiger partial charge on any atom is -0.376 e. The van der Waals surface area contributed by atoms with E-state index >= 15 is 0 Å². The van der Waals surface area contributed by atoms with Crippen molar-refractivity contribution < 1.29 is 14.3 Å². The summed E-state index contributed by atoms with van der Waals surface area (Å²) in [7, 11) is 0. The molecule has 2 aliphatic heterocycles. The zero-order chi connectivity index (χ0) is 13.7. The van der Waals surface area contributed by atoms with Crippen LogP contribution in [-0.4, -0.2) is 68.2 Å². The van der Waals surface area contributed by atoms with E-state index in [1.54, 1.807) is 0 Å². The first-order valence-corrected chi connectivity index (χ1v) is 6.79. The van der Waals surface area contributed by atoms with Crippen molar-refractivity contribution in [3.63, 3.8) is 0 Å². The molecule has 2 fully saturated rings. The van der Waals surface area contributed by atoms with E-state index in [9.17, 15) is 9.59 Å². The Labute approximate surface area is 112 Å². The van der Waals surface area contributed by atoms with E-state index in [0.717, 1.165) is 26.0 Å². The van der Waals surface area contributed by atoms with Gasteiger partial charge in [-0.2, -0.15) is 0 Å². The number of nitrogens with two attached hydrogens (primary N) is 1. The van der Waals surface area contributed by atoms with Crippen LogP contribution >= 0.6 is 0 Å². The number of ether oxygens (including phenoxy) is 1. The van der Waals surface area contributed by atoms with Crippen LogP contribution in [0.5, 0.6) is 0 Å². The van der Waals surface area contributed by atoms with Crippen molar-refractivity contribution in [3.05, 3.63) is 0 Å². The van der Waals surface area contributed by atoms with Gasteiger partial charge in [-0.1, -0.05) is 0 Å². The Morgan fingerprint density at radius 3 is 3.00 bits per heavy atom. The first-order valence-electron chi connectivity index (χ1n) is 6.79. The van der Waals surface area contributed by atoms with Crippen molar-refractivity contribution in [2.24, 2.45) is 5.73 Å². The number of hydrogen-bond acceptors (Lipinski definition) is 5. The third kappa shape index (κ3) is 4.15. The number of piperazine rings is 1. The largest absolute Gasteiger partial charge is 0.376 e. The van der Waals surface area contributed by atoms with Gasteiger partial charge in [0.1, 0.15) is 6.04 Å². The third-order valence-corrected chi connectivity index (χ3v) is 3.58. The average molecular weight is 270 g/mol. The summed E-state index contributed by atoms with van der Waals surface area (Å²) in [5, 5.41) is 5.96. The molecule has 2 saturated heterocycles. The summed E-state index contributed by atoms with van der Waals surface area (Å²) >= 11 is 0. The van der Waals surface area contributed by atoms with Crippen LogP contribution in [0.2, 0.25) is 0 Å². The highest BCUT2D eigenvalue weighted by Gasteiger charge is 2.28. The number of nitrogens with one attached hydrogen (secondary N) is 2. The average Bonchev–Trinajstić information content (AvgIpc) is 2.90. The molecule has 2 rings (SSSR count). The summed E-state index contributed by atoms with van der Waals surface area (Å²) in [5.74, 6) is -0.470. The molecule has 0 radical (unpaired) electrons. The number of carbonyl (C=O) groups is 2. The zero-order valence-electron chi connectivity index (χ0n) is 11.1. The molecule has 0 bridgehead atoms. The lowest BCUT2D eigenvalue weighted by Crippen LogP contribution is -2.58. The molecule has 2 heterocycles. The first-order chi connectivity index (χ1) is 9.16. The second-order valence-electron chi connectivity index (χ2n) is 5.03. The first kappa shape index (κ1) is 14.2. The minimum atomic E-state index is -0.401. The van der Waals surface area contributed by atoms with Gasteiger partial charge in [-0.05, 0) is 12.8 Å². The molecule has 7 nitrogen and oxygen atoms in total. The molecule has 2 atom stereocenters. The highest BCUT2D eigenvalue weighted by atomic mass is 16.5. The van der Waals surface area contributed by atoms with Crippen LogP contribution in [0.1, 0.15) is 12.8 Å². The van der Waals surface area contributed by atoms with Crippen molar-refractivity contribution >= 4 is 11.8 Å². The van der Waals surface area contributed by atoms with Crippen molar-refractivity contribution in [1.29, 1.82) is 0 Å². The van der Waals surface area contributed by atoms with E-state index in [1.807, 2.05) is 4.90 Å². The van der Waals surface area contributed by atoms with Gasteiger partial charge in [0.25, 0.3) is 0 Å². The fraction of sp³-hybridized carbons (Fsp3) is 0.833. The number of nitrogens with zero attached hydrogens (tertiary/aromatic N) is 1. The SMILES string of the molecule is NC(=O)C1CNCCN1CC(=O)NCC1CCCO1. The van der Waals surface area contributed by atoms with Gasteiger partial charge in [-0.25, -0.2) is 0 Å².